The van der Waals surface area contributed by atoms with E-state index in [0.29, 0.717) is 30.3 Å². The second-order valence-electron chi connectivity index (χ2n) is 5.95. The van der Waals surface area contributed by atoms with Gasteiger partial charge in [-0.1, -0.05) is 29.0 Å². The number of hydrogen-bond acceptors (Lipinski definition) is 5. The van der Waals surface area contributed by atoms with Gasteiger partial charge < -0.3 is 14.0 Å². The molecule has 0 amide bonds. The monoisotopic (exact) mass is 406 g/mol. The molecular weight excluding hydrogens is 384 g/mol. The summed E-state index contributed by atoms with van der Waals surface area (Å²) < 4.78 is 43.2. The van der Waals surface area contributed by atoms with Gasteiger partial charge in [-0.05, 0) is 44.2 Å². The zero-order valence-corrected chi connectivity index (χ0v) is 17.1. The number of methoxy groups -OCH3 is 1. The zero-order chi connectivity index (χ0) is 19.4. The smallest absolute Gasteiger partial charge is 0.285 e. The van der Waals surface area contributed by atoms with Crippen LogP contribution in [0.25, 0.3) is 10.2 Å². The molecule has 0 radical (unpaired) electrons. The van der Waals surface area contributed by atoms with E-state index in [4.69, 9.17) is 9.47 Å². The third kappa shape index (κ3) is 4.40. The lowest BCUT2D eigenvalue weighted by Crippen LogP contribution is -2.19. The molecule has 0 aliphatic heterocycles. The van der Waals surface area contributed by atoms with Crippen molar-refractivity contribution in [2.45, 2.75) is 25.3 Å². The summed E-state index contributed by atoms with van der Waals surface area (Å²) in [5.74, 6) is 0.716. The van der Waals surface area contributed by atoms with Gasteiger partial charge in [0.25, 0.3) is 10.0 Å². The fourth-order valence-corrected chi connectivity index (χ4v) is 4.92. The van der Waals surface area contributed by atoms with E-state index in [1.165, 1.54) is 11.3 Å². The Morgan fingerprint density at radius 3 is 2.56 bits per heavy atom. The SMILES string of the molecule is CCOCCn1/c(=N/S(=O)(=O)c2ccc(C)cc2)sc2cc(OC)ccc21. The summed E-state index contributed by atoms with van der Waals surface area (Å²) in [5, 5.41) is 0. The van der Waals surface area contributed by atoms with Crippen molar-refractivity contribution in [3.8, 4) is 5.75 Å². The van der Waals surface area contributed by atoms with Crippen molar-refractivity contribution >= 4 is 31.6 Å². The molecule has 0 aliphatic carbocycles. The summed E-state index contributed by atoms with van der Waals surface area (Å²) in [6.45, 7) is 5.43. The van der Waals surface area contributed by atoms with E-state index < -0.39 is 10.0 Å². The Morgan fingerprint density at radius 2 is 1.89 bits per heavy atom. The van der Waals surface area contributed by atoms with Crippen molar-refractivity contribution in [1.29, 1.82) is 0 Å². The van der Waals surface area contributed by atoms with Crippen LogP contribution >= 0.6 is 11.3 Å². The highest BCUT2D eigenvalue weighted by Gasteiger charge is 2.15. The van der Waals surface area contributed by atoms with Gasteiger partial charge in [0.05, 0.1) is 28.8 Å². The Labute approximate surface area is 162 Å². The molecule has 1 aromatic heterocycles. The molecule has 0 unspecified atom stereocenters. The Bertz CT molecular complexity index is 1100. The van der Waals surface area contributed by atoms with Gasteiger partial charge in [-0.3, -0.25) is 0 Å². The topological polar surface area (TPSA) is 69.9 Å². The fraction of sp³-hybridized carbons (Fsp3) is 0.316. The van der Waals surface area contributed by atoms with Gasteiger partial charge in [0.15, 0.2) is 0 Å². The van der Waals surface area contributed by atoms with Gasteiger partial charge in [0.2, 0.25) is 4.80 Å². The standard InChI is InChI=1S/C19H22N2O4S2/c1-4-25-12-11-21-17-10-7-15(24-3)13-18(17)26-19(21)20-27(22,23)16-8-5-14(2)6-9-16/h5-10,13H,4,11-12H2,1-3H3/b20-19-. The lowest BCUT2D eigenvalue weighted by Gasteiger charge is -2.06. The molecule has 27 heavy (non-hydrogen) atoms. The van der Waals surface area contributed by atoms with Crippen molar-refractivity contribution in [3.63, 3.8) is 0 Å². The van der Waals surface area contributed by atoms with Crippen LogP contribution in [0.15, 0.2) is 51.8 Å². The molecule has 6 nitrogen and oxygen atoms in total. The molecule has 0 aliphatic rings. The average Bonchev–Trinajstić information content (AvgIpc) is 2.98. The molecule has 8 heteroatoms. The first-order chi connectivity index (χ1) is 12.9. The van der Waals surface area contributed by atoms with Gasteiger partial charge in [0, 0.05) is 13.2 Å². The maximum absolute atomic E-state index is 12.8. The molecule has 0 atom stereocenters. The highest BCUT2D eigenvalue weighted by atomic mass is 32.2. The number of aryl methyl sites for hydroxylation is 1. The van der Waals surface area contributed by atoms with Gasteiger partial charge in [0.1, 0.15) is 5.75 Å². The number of benzene rings is 2. The number of fused-ring (bicyclic) bond motifs is 1. The second kappa shape index (κ2) is 8.24. The van der Waals surface area contributed by atoms with Crippen LogP contribution in [0.3, 0.4) is 0 Å². The number of sulfonamides is 1. The highest BCUT2D eigenvalue weighted by Crippen LogP contribution is 2.23. The maximum atomic E-state index is 12.8. The molecule has 0 spiro atoms. The van der Waals surface area contributed by atoms with Crippen LogP contribution in [0.5, 0.6) is 5.75 Å². The quantitative estimate of drug-likeness (QED) is 0.564. The van der Waals surface area contributed by atoms with E-state index in [9.17, 15) is 8.42 Å². The molecule has 0 fully saturated rings. The minimum atomic E-state index is -3.80. The minimum absolute atomic E-state index is 0.180. The highest BCUT2D eigenvalue weighted by molar-refractivity contribution is 7.90. The number of hydrogen-bond donors (Lipinski definition) is 0. The molecule has 0 saturated carbocycles. The molecule has 2 aromatic carbocycles. The van der Waals surface area contributed by atoms with Gasteiger partial charge >= 0.3 is 0 Å². The van der Waals surface area contributed by atoms with E-state index >= 15 is 0 Å². The predicted molar refractivity (Wildman–Crippen MR) is 107 cm³/mol. The lowest BCUT2D eigenvalue weighted by molar-refractivity contribution is 0.139. The molecule has 0 N–H and O–H groups in total. The summed E-state index contributed by atoms with van der Waals surface area (Å²) in [5.41, 5.74) is 1.90. The van der Waals surface area contributed by atoms with Crippen LogP contribution in [0.1, 0.15) is 12.5 Å². The molecular formula is C19H22N2O4S2. The molecule has 0 bridgehead atoms. The fourth-order valence-electron chi connectivity index (χ4n) is 2.63. The number of aromatic nitrogens is 1. The normalized spacial score (nSPS) is 12.6. The largest absolute Gasteiger partial charge is 0.497 e. The van der Waals surface area contributed by atoms with E-state index in [1.54, 1.807) is 31.4 Å². The van der Waals surface area contributed by atoms with Crippen LogP contribution in [-0.4, -0.2) is 33.3 Å². The van der Waals surface area contributed by atoms with E-state index in [1.807, 2.05) is 36.6 Å². The molecule has 3 aromatic rings. The Balaban J connectivity index is 2.14. The first-order valence-corrected chi connectivity index (χ1v) is 10.8. The first kappa shape index (κ1) is 19.6. The molecule has 3 rings (SSSR count). The maximum Gasteiger partial charge on any atom is 0.285 e. The van der Waals surface area contributed by atoms with Crippen molar-refractivity contribution < 1.29 is 17.9 Å². The third-order valence-corrected chi connectivity index (χ3v) is 6.51. The van der Waals surface area contributed by atoms with Crippen molar-refractivity contribution in [1.82, 2.24) is 4.57 Å². The summed E-state index contributed by atoms with van der Waals surface area (Å²) in [7, 11) is -2.20. The Hall–Kier alpha value is -2.16. The van der Waals surface area contributed by atoms with Crippen LogP contribution in [0.4, 0.5) is 0 Å². The van der Waals surface area contributed by atoms with Crippen molar-refractivity contribution in [2.75, 3.05) is 20.3 Å². The number of ether oxygens (including phenoxy) is 2. The van der Waals surface area contributed by atoms with Crippen molar-refractivity contribution in [2.24, 2.45) is 4.40 Å². The third-order valence-electron chi connectivity index (χ3n) is 4.07. The lowest BCUT2D eigenvalue weighted by atomic mass is 10.2. The number of thiazole rings is 1. The molecule has 144 valence electrons. The van der Waals surface area contributed by atoms with Crippen molar-refractivity contribution in [3.05, 3.63) is 52.8 Å². The van der Waals surface area contributed by atoms with Gasteiger partial charge in [-0.2, -0.15) is 8.42 Å². The zero-order valence-electron chi connectivity index (χ0n) is 15.5. The van der Waals surface area contributed by atoms with Crippen LogP contribution in [0.2, 0.25) is 0 Å². The Morgan fingerprint density at radius 1 is 1.15 bits per heavy atom. The van der Waals surface area contributed by atoms with Crippen LogP contribution in [-0.2, 0) is 21.3 Å². The molecule has 0 saturated heterocycles. The van der Waals surface area contributed by atoms with Crippen LogP contribution < -0.4 is 9.54 Å². The number of nitrogens with zero attached hydrogens (tertiary/aromatic N) is 2. The summed E-state index contributed by atoms with van der Waals surface area (Å²) in [4.78, 5) is 0.595. The average molecular weight is 407 g/mol. The number of rotatable bonds is 7. The van der Waals surface area contributed by atoms with Gasteiger partial charge in [-0.25, -0.2) is 0 Å². The second-order valence-corrected chi connectivity index (χ2v) is 8.56. The van der Waals surface area contributed by atoms with E-state index in [0.717, 1.165) is 15.8 Å². The van der Waals surface area contributed by atoms with E-state index in [-0.39, 0.29) is 4.90 Å². The minimum Gasteiger partial charge on any atom is -0.497 e. The Kier molecular flexibility index (Phi) is 5.98. The first-order valence-electron chi connectivity index (χ1n) is 8.57. The summed E-state index contributed by atoms with van der Waals surface area (Å²) in [6.07, 6.45) is 0. The molecule has 1 heterocycles. The summed E-state index contributed by atoms with van der Waals surface area (Å²) in [6, 6.07) is 12.3. The van der Waals surface area contributed by atoms with Gasteiger partial charge in [-0.15, -0.1) is 4.40 Å². The summed E-state index contributed by atoms with van der Waals surface area (Å²) >= 11 is 1.32. The van der Waals surface area contributed by atoms with E-state index in [2.05, 4.69) is 4.40 Å². The van der Waals surface area contributed by atoms with Crippen LogP contribution in [0, 0.1) is 6.92 Å². The predicted octanol–water partition coefficient (Wildman–Crippen LogP) is 3.35.